The Hall–Kier alpha value is -0.890. The number of nitrogens with one attached hydrogen (secondary N) is 1. The average molecular weight is 220 g/mol. The summed E-state index contributed by atoms with van der Waals surface area (Å²) < 4.78 is 0. The molecule has 0 aliphatic heterocycles. The van der Waals surface area contributed by atoms with E-state index in [-0.39, 0.29) is 0 Å². The molecule has 0 fully saturated rings. The maximum absolute atomic E-state index is 4.04. The molecule has 0 radical (unpaired) electrons. The topological polar surface area (TPSA) is 24.9 Å². The van der Waals surface area contributed by atoms with Gasteiger partial charge in [-0.25, -0.2) is 0 Å². The Balaban J connectivity index is 2.34. The van der Waals surface area contributed by atoms with E-state index in [0.29, 0.717) is 6.04 Å². The summed E-state index contributed by atoms with van der Waals surface area (Å²) in [5, 5.41) is 3.42. The summed E-state index contributed by atoms with van der Waals surface area (Å²) in [6.45, 7) is 4.59. The summed E-state index contributed by atoms with van der Waals surface area (Å²) in [4.78, 5) is 4.04. The van der Waals surface area contributed by atoms with Crippen molar-refractivity contribution in [2.75, 3.05) is 7.05 Å². The van der Waals surface area contributed by atoms with Gasteiger partial charge < -0.3 is 5.32 Å². The molecule has 0 aromatic carbocycles. The fourth-order valence-electron chi connectivity index (χ4n) is 1.92. The first-order chi connectivity index (χ1) is 7.76. The van der Waals surface area contributed by atoms with E-state index in [0.717, 1.165) is 12.3 Å². The normalized spacial score (nSPS) is 14.7. The predicted molar refractivity (Wildman–Crippen MR) is 69.5 cm³/mol. The third-order valence-corrected chi connectivity index (χ3v) is 3.32. The van der Waals surface area contributed by atoms with Crippen LogP contribution in [0.2, 0.25) is 0 Å². The van der Waals surface area contributed by atoms with Crippen molar-refractivity contribution in [3.05, 3.63) is 30.1 Å². The minimum atomic E-state index is 0.642. The molecule has 2 atom stereocenters. The van der Waals surface area contributed by atoms with Gasteiger partial charge in [0, 0.05) is 18.4 Å². The second-order valence-corrected chi connectivity index (χ2v) is 4.63. The zero-order valence-corrected chi connectivity index (χ0v) is 10.7. The van der Waals surface area contributed by atoms with Crippen LogP contribution in [0.3, 0.4) is 0 Å². The number of hydrogen-bond acceptors (Lipinski definition) is 2. The minimum absolute atomic E-state index is 0.642. The van der Waals surface area contributed by atoms with E-state index in [1.165, 1.54) is 24.8 Å². The predicted octanol–water partition coefficient (Wildman–Crippen LogP) is 3.04. The van der Waals surface area contributed by atoms with Crippen molar-refractivity contribution >= 4 is 0 Å². The van der Waals surface area contributed by atoms with Gasteiger partial charge >= 0.3 is 0 Å². The number of nitrogens with zero attached hydrogens (tertiary/aromatic N) is 1. The van der Waals surface area contributed by atoms with E-state index in [2.05, 4.69) is 43.3 Å². The Kier molecular flexibility index (Phi) is 6.09. The van der Waals surface area contributed by atoms with Gasteiger partial charge in [-0.2, -0.15) is 0 Å². The Morgan fingerprint density at radius 1 is 1.31 bits per heavy atom. The Bertz CT molecular complexity index is 271. The van der Waals surface area contributed by atoms with Gasteiger partial charge in [-0.15, -0.1) is 0 Å². The molecule has 2 unspecified atom stereocenters. The lowest BCUT2D eigenvalue weighted by Gasteiger charge is -2.19. The van der Waals surface area contributed by atoms with Gasteiger partial charge in [0.25, 0.3) is 0 Å². The van der Waals surface area contributed by atoms with Crippen molar-refractivity contribution in [3.8, 4) is 0 Å². The van der Waals surface area contributed by atoms with Crippen LogP contribution in [0.5, 0.6) is 0 Å². The SMILES string of the molecule is CCC(C)CC(CCc1ccncc1)NC. The molecule has 1 rings (SSSR count). The van der Waals surface area contributed by atoms with Gasteiger partial charge in [-0.05, 0) is 49.9 Å². The van der Waals surface area contributed by atoms with Gasteiger partial charge in [0.1, 0.15) is 0 Å². The molecule has 0 spiro atoms. The van der Waals surface area contributed by atoms with Gasteiger partial charge in [-0.1, -0.05) is 20.3 Å². The number of aromatic nitrogens is 1. The maximum atomic E-state index is 4.04. The number of pyridine rings is 1. The van der Waals surface area contributed by atoms with E-state index in [9.17, 15) is 0 Å². The summed E-state index contributed by atoms with van der Waals surface area (Å²) in [5.74, 6) is 0.815. The fraction of sp³-hybridized carbons (Fsp3) is 0.643. The highest BCUT2D eigenvalue weighted by Gasteiger charge is 2.10. The summed E-state index contributed by atoms with van der Waals surface area (Å²) in [6, 6.07) is 4.86. The van der Waals surface area contributed by atoms with E-state index in [4.69, 9.17) is 0 Å². The zero-order valence-electron chi connectivity index (χ0n) is 10.7. The van der Waals surface area contributed by atoms with Crippen molar-refractivity contribution < 1.29 is 0 Å². The largest absolute Gasteiger partial charge is 0.317 e. The molecule has 1 heterocycles. The van der Waals surface area contributed by atoms with E-state index >= 15 is 0 Å². The van der Waals surface area contributed by atoms with Crippen molar-refractivity contribution in [1.82, 2.24) is 10.3 Å². The highest BCUT2D eigenvalue weighted by molar-refractivity contribution is 5.09. The van der Waals surface area contributed by atoms with Crippen LogP contribution < -0.4 is 5.32 Å². The molecule has 2 heteroatoms. The van der Waals surface area contributed by atoms with E-state index in [1.54, 1.807) is 0 Å². The van der Waals surface area contributed by atoms with Gasteiger partial charge in [0.05, 0.1) is 0 Å². The first-order valence-electron chi connectivity index (χ1n) is 6.32. The monoisotopic (exact) mass is 220 g/mol. The first-order valence-corrected chi connectivity index (χ1v) is 6.32. The average Bonchev–Trinajstić information content (AvgIpc) is 2.35. The molecule has 1 N–H and O–H groups in total. The molecular formula is C14H24N2. The summed E-state index contributed by atoms with van der Waals surface area (Å²) in [5.41, 5.74) is 1.39. The van der Waals surface area contributed by atoms with Crippen LogP contribution in [0.15, 0.2) is 24.5 Å². The number of rotatable bonds is 7. The van der Waals surface area contributed by atoms with Crippen LogP contribution in [-0.4, -0.2) is 18.1 Å². The first kappa shape index (κ1) is 13.2. The summed E-state index contributed by atoms with van der Waals surface area (Å²) in [7, 11) is 2.07. The standard InChI is InChI=1S/C14H24N2/c1-4-12(2)11-14(15-3)6-5-13-7-9-16-10-8-13/h7-10,12,14-15H,4-6,11H2,1-3H3. The van der Waals surface area contributed by atoms with Gasteiger partial charge in [0.15, 0.2) is 0 Å². The number of aryl methyl sites for hydroxylation is 1. The second-order valence-electron chi connectivity index (χ2n) is 4.63. The van der Waals surface area contributed by atoms with Gasteiger partial charge in [-0.3, -0.25) is 4.98 Å². The van der Waals surface area contributed by atoms with Crippen molar-refractivity contribution in [2.24, 2.45) is 5.92 Å². The molecule has 0 saturated carbocycles. The molecule has 2 nitrogen and oxygen atoms in total. The Morgan fingerprint density at radius 2 is 2.00 bits per heavy atom. The van der Waals surface area contributed by atoms with E-state index in [1.807, 2.05) is 12.4 Å². The van der Waals surface area contributed by atoms with Crippen molar-refractivity contribution in [1.29, 1.82) is 0 Å². The van der Waals surface area contributed by atoms with Crippen LogP contribution in [0, 0.1) is 5.92 Å². The molecule has 0 amide bonds. The Labute approximate surface area is 99.5 Å². The molecule has 16 heavy (non-hydrogen) atoms. The smallest absolute Gasteiger partial charge is 0.0270 e. The number of hydrogen-bond donors (Lipinski definition) is 1. The fourth-order valence-corrected chi connectivity index (χ4v) is 1.92. The van der Waals surface area contributed by atoms with Crippen LogP contribution in [0.1, 0.15) is 38.7 Å². The molecule has 90 valence electrons. The molecule has 0 aliphatic rings. The van der Waals surface area contributed by atoms with E-state index < -0.39 is 0 Å². The summed E-state index contributed by atoms with van der Waals surface area (Å²) in [6.07, 6.45) is 8.65. The van der Waals surface area contributed by atoms with Crippen LogP contribution in [-0.2, 0) is 6.42 Å². The van der Waals surface area contributed by atoms with Gasteiger partial charge in [0.2, 0.25) is 0 Å². The van der Waals surface area contributed by atoms with Crippen LogP contribution >= 0.6 is 0 Å². The minimum Gasteiger partial charge on any atom is -0.317 e. The van der Waals surface area contributed by atoms with Crippen LogP contribution in [0.25, 0.3) is 0 Å². The molecular weight excluding hydrogens is 196 g/mol. The quantitative estimate of drug-likeness (QED) is 0.764. The van der Waals surface area contributed by atoms with Crippen LogP contribution in [0.4, 0.5) is 0 Å². The third-order valence-electron chi connectivity index (χ3n) is 3.32. The van der Waals surface area contributed by atoms with Crippen molar-refractivity contribution in [2.45, 2.75) is 45.6 Å². The molecule has 1 aromatic heterocycles. The third kappa shape index (κ3) is 4.75. The molecule has 0 aliphatic carbocycles. The maximum Gasteiger partial charge on any atom is 0.0270 e. The second kappa shape index (κ2) is 7.39. The lowest BCUT2D eigenvalue weighted by Crippen LogP contribution is -2.27. The highest BCUT2D eigenvalue weighted by atomic mass is 14.9. The highest BCUT2D eigenvalue weighted by Crippen LogP contribution is 2.14. The summed E-state index contributed by atoms with van der Waals surface area (Å²) >= 11 is 0. The van der Waals surface area contributed by atoms with Crippen molar-refractivity contribution in [3.63, 3.8) is 0 Å². The Morgan fingerprint density at radius 3 is 2.56 bits per heavy atom. The molecule has 1 aromatic rings. The molecule has 0 bridgehead atoms. The lowest BCUT2D eigenvalue weighted by molar-refractivity contribution is 0.395. The molecule has 0 saturated heterocycles. The zero-order chi connectivity index (χ0) is 11.8. The lowest BCUT2D eigenvalue weighted by atomic mass is 9.95.